The molecule has 0 saturated heterocycles. The highest BCUT2D eigenvalue weighted by molar-refractivity contribution is 6.74. The maximum atomic E-state index is 6.50. The molecule has 0 aromatic heterocycles. The van der Waals surface area contributed by atoms with Gasteiger partial charge in [-0.25, -0.2) is 0 Å². The van der Waals surface area contributed by atoms with Gasteiger partial charge in [-0.15, -0.1) is 0 Å². The van der Waals surface area contributed by atoms with Gasteiger partial charge in [0, 0.05) is 44.5 Å². The van der Waals surface area contributed by atoms with Crippen molar-refractivity contribution in [2.75, 3.05) is 28.4 Å². The van der Waals surface area contributed by atoms with Gasteiger partial charge in [0.25, 0.3) is 0 Å². The summed E-state index contributed by atoms with van der Waals surface area (Å²) in [5.74, 6) is 3.63. The molecule has 1 spiro atoms. The summed E-state index contributed by atoms with van der Waals surface area (Å²) in [6, 6.07) is 19.3. The molecule has 6 aromatic carbocycles. The van der Waals surface area contributed by atoms with E-state index in [2.05, 4.69) is 0 Å². The first kappa shape index (κ1) is 22.1. The van der Waals surface area contributed by atoms with Gasteiger partial charge in [0.1, 0.15) is 45.3 Å². The fourth-order valence-electron chi connectivity index (χ4n) is 6.09. The molecule has 8 rings (SSSR count). The minimum atomic E-state index is -2.84. The third kappa shape index (κ3) is 2.79. The lowest BCUT2D eigenvalue weighted by molar-refractivity contribution is 0.391. The van der Waals surface area contributed by atoms with Gasteiger partial charge in [0.05, 0.1) is 40.6 Å². The summed E-state index contributed by atoms with van der Waals surface area (Å²) in [5, 5.41) is 7.05. The summed E-state index contributed by atoms with van der Waals surface area (Å²) < 4.78 is 49.0. The van der Waals surface area contributed by atoms with Crippen LogP contribution in [0.2, 0.25) is 0 Å². The average molecular weight is 521 g/mol. The van der Waals surface area contributed by atoms with Crippen LogP contribution in [0, 0.1) is 0 Å². The largest absolute Gasteiger partial charge is 1.28 e. The molecule has 9 heteroatoms. The summed E-state index contributed by atoms with van der Waals surface area (Å²) in [6.45, 7) is -2.84. The monoisotopic (exact) mass is 521 g/mol. The van der Waals surface area contributed by atoms with E-state index in [0.29, 0.717) is 45.4 Å². The van der Waals surface area contributed by atoms with Crippen LogP contribution >= 0.6 is 0 Å². The maximum Gasteiger partial charge on any atom is 1.28 e. The van der Waals surface area contributed by atoms with Crippen molar-refractivity contribution >= 4 is 50.0 Å². The Bertz CT molecular complexity index is 1950. The predicted molar refractivity (Wildman–Crippen MR) is 151 cm³/mol. The van der Waals surface area contributed by atoms with E-state index in [-0.39, 0.29) is 0 Å². The van der Waals surface area contributed by atoms with Gasteiger partial charge in [-0.1, -0.05) is 36.4 Å². The Morgan fingerprint density at radius 3 is 1.23 bits per heavy atom. The second-order valence-electron chi connectivity index (χ2n) is 9.56. The normalized spacial score (nSPS) is 14.7. The maximum absolute atomic E-state index is 6.50. The Labute approximate surface area is 221 Å². The SMILES string of the molecule is COc1cc2c3c(cc(OC)c4cccc1c43)=[O+][B-]1(O2)Oc2cc(OC)c3cccc4c(OC)cc(c2c34)=[O+]1. The van der Waals surface area contributed by atoms with Crippen molar-refractivity contribution in [3.8, 4) is 34.5 Å². The second-order valence-corrected chi connectivity index (χ2v) is 9.56. The first-order valence-electron chi connectivity index (χ1n) is 12.5. The van der Waals surface area contributed by atoms with Crippen LogP contribution in [0.5, 0.6) is 34.5 Å². The van der Waals surface area contributed by atoms with Crippen LogP contribution in [0.25, 0.3) is 43.1 Å². The van der Waals surface area contributed by atoms with E-state index >= 15 is 0 Å². The quantitative estimate of drug-likeness (QED) is 0.242. The van der Waals surface area contributed by atoms with Gasteiger partial charge in [-0.2, -0.15) is 0 Å². The number of hydrogen-bond donors (Lipinski definition) is 0. The molecule has 6 aromatic rings. The number of ether oxygens (including phenoxy) is 4. The van der Waals surface area contributed by atoms with Crippen LogP contribution in [0.15, 0.2) is 69.3 Å². The van der Waals surface area contributed by atoms with Crippen LogP contribution < -0.4 is 39.1 Å². The minimum absolute atomic E-state index is 0.517. The number of methoxy groups -OCH3 is 4. The standard InChI is InChI=1S/C30H22BO8/c1-32-19-11-23-29-24(12-20(33-2)16-8-5-7-15(19)27(16)29)37-31(36-23)38-25-13-21(34-3)17-9-6-10-18-22(35-4)14-26(39-31)30(25)28(17)18/h5-14H,1-4H3/q+1. The van der Waals surface area contributed by atoms with Gasteiger partial charge >= 0.3 is 17.8 Å². The van der Waals surface area contributed by atoms with Crippen LogP contribution in [0.1, 0.15) is 0 Å². The zero-order valence-electron chi connectivity index (χ0n) is 21.6. The van der Waals surface area contributed by atoms with Gasteiger partial charge in [0.15, 0.2) is 0 Å². The summed E-state index contributed by atoms with van der Waals surface area (Å²) in [6.07, 6.45) is 0. The molecule has 0 unspecified atom stereocenters. The number of benzene rings is 6. The van der Waals surface area contributed by atoms with Crippen molar-refractivity contribution in [2.45, 2.75) is 0 Å². The summed E-state index contributed by atoms with van der Waals surface area (Å²) >= 11 is 0. The van der Waals surface area contributed by atoms with Crippen molar-refractivity contribution in [3.05, 3.63) is 80.2 Å². The Morgan fingerprint density at radius 2 is 0.872 bits per heavy atom. The molecule has 0 saturated carbocycles. The van der Waals surface area contributed by atoms with Crippen molar-refractivity contribution < 1.29 is 28.3 Å². The van der Waals surface area contributed by atoms with E-state index in [1.54, 1.807) is 28.4 Å². The number of rotatable bonds is 4. The first-order valence-corrected chi connectivity index (χ1v) is 12.5. The van der Waals surface area contributed by atoms with Gasteiger partial charge in [-0.05, 0) is 0 Å². The fourth-order valence-corrected chi connectivity index (χ4v) is 6.09. The molecule has 192 valence electrons. The average Bonchev–Trinajstić information content (AvgIpc) is 2.96. The van der Waals surface area contributed by atoms with Crippen molar-refractivity contribution in [3.63, 3.8) is 0 Å². The molecule has 0 bridgehead atoms. The molecule has 8 nitrogen and oxygen atoms in total. The molecule has 39 heavy (non-hydrogen) atoms. The highest BCUT2D eigenvalue weighted by Crippen LogP contribution is 2.46. The summed E-state index contributed by atoms with van der Waals surface area (Å²) in [4.78, 5) is 0. The van der Waals surface area contributed by atoms with Crippen molar-refractivity contribution in [1.82, 2.24) is 0 Å². The van der Waals surface area contributed by atoms with Gasteiger partial charge in [-0.3, -0.25) is 0 Å². The Hall–Kier alpha value is -4.92. The topological polar surface area (TPSA) is 78.0 Å². The molecule has 0 amide bonds. The molecular formula is C30H22BO8+. The Balaban J connectivity index is 1.50. The zero-order valence-corrected chi connectivity index (χ0v) is 21.6. The van der Waals surface area contributed by atoms with Crippen LogP contribution in [-0.4, -0.2) is 35.4 Å². The van der Waals surface area contributed by atoms with Crippen molar-refractivity contribution in [2.24, 2.45) is 0 Å². The fraction of sp³-hybridized carbons (Fsp3) is 0.133. The van der Waals surface area contributed by atoms with Crippen LogP contribution in [-0.2, 0) is 0 Å². The lowest BCUT2D eigenvalue weighted by Crippen LogP contribution is -2.52. The Morgan fingerprint density at radius 1 is 0.513 bits per heavy atom. The van der Waals surface area contributed by atoms with E-state index in [4.69, 9.17) is 36.9 Å². The third-order valence-corrected chi connectivity index (χ3v) is 7.69. The molecular weight excluding hydrogens is 499 g/mol. The van der Waals surface area contributed by atoms with E-state index < -0.39 is 6.96 Å². The zero-order chi connectivity index (χ0) is 26.5. The summed E-state index contributed by atoms with van der Waals surface area (Å²) in [5.41, 5.74) is 1.03. The second kappa shape index (κ2) is 7.57. The van der Waals surface area contributed by atoms with Crippen molar-refractivity contribution in [1.29, 1.82) is 0 Å². The predicted octanol–water partition coefficient (Wildman–Crippen LogP) is 4.92. The Kier molecular flexibility index (Phi) is 4.29. The molecule has 0 radical (unpaired) electrons. The third-order valence-electron chi connectivity index (χ3n) is 7.69. The molecule has 0 atom stereocenters. The van der Waals surface area contributed by atoms with Gasteiger partial charge in [0.2, 0.25) is 0 Å². The molecule has 2 aliphatic heterocycles. The van der Waals surface area contributed by atoms with E-state index in [1.165, 1.54) is 0 Å². The summed E-state index contributed by atoms with van der Waals surface area (Å²) in [7, 11) is 6.52. The molecule has 0 aliphatic carbocycles. The minimum Gasteiger partial charge on any atom is -0.496 e. The van der Waals surface area contributed by atoms with Gasteiger partial charge < -0.3 is 36.9 Å². The highest BCUT2D eigenvalue weighted by Gasteiger charge is 2.76. The molecule has 0 N–H and O–H groups in total. The number of hydrogen-bond acceptors (Lipinski definition) is 6. The molecule has 2 heterocycles. The molecule has 0 fully saturated rings. The highest BCUT2D eigenvalue weighted by atomic mass is 16.8. The lowest BCUT2D eigenvalue weighted by atomic mass is 9.93. The smallest absolute Gasteiger partial charge is 0.496 e. The van der Waals surface area contributed by atoms with Crippen LogP contribution in [0.3, 0.4) is 0 Å². The first-order chi connectivity index (χ1) is 19.1. The lowest BCUT2D eigenvalue weighted by Gasteiger charge is -2.24. The van der Waals surface area contributed by atoms with E-state index in [9.17, 15) is 0 Å². The van der Waals surface area contributed by atoms with E-state index in [0.717, 1.165) is 43.1 Å². The molecule has 2 aliphatic rings. The van der Waals surface area contributed by atoms with Crippen LogP contribution in [0.4, 0.5) is 0 Å². The van der Waals surface area contributed by atoms with E-state index in [1.807, 2.05) is 60.7 Å².